The molecule has 0 saturated carbocycles. The monoisotopic (exact) mass is 192 g/mol. The maximum atomic E-state index is 8.88. The molecule has 0 unspecified atom stereocenters. The van der Waals surface area contributed by atoms with Gasteiger partial charge in [-0.25, -0.2) is 4.57 Å². The third-order valence-corrected chi connectivity index (χ3v) is 0. The van der Waals surface area contributed by atoms with Crippen LogP contribution >= 0.6 is 7.82 Å². The zero-order valence-corrected chi connectivity index (χ0v) is 7.52. The van der Waals surface area contributed by atoms with E-state index in [1.54, 1.807) is 0 Å². The average Bonchev–Trinajstić information content (AvgIpc) is 0.722. The van der Waals surface area contributed by atoms with Gasteiger partial charge in [-0.3, -0.25) is 0 Å². The second-order valence-corrected chi connectivity index (χ2v) is 1.54. The van der Waals surface area contributed by atoms with Gasteiger partial charge in [-0.15, -0.1) is 0 Å². The summed E-state index contributed by atoms with van der Waals surface area (Å²) in [5.41, 5.74) is 0. The molecule has 0 bridgehead atoms. The molecule has 0 aliphatic heterocycles. The van der Waals surface area contributed by atoms with E-state index in [0.717, 1.165) is 0 Å². The molecule has 8 heavy (non-hydrogen) atoms. The molecule has 0 aromatic rings. The minimum Gasteiger partial charge on any atom is -1.00 e. The minimum absolute atomic E-state index is 0. The number of hydrogen-bond acceptors (Lipinski definition) is 1. The summed E-state index contributed by atoms with van der Waals surface area (Å²) in [7, 11) is -4.64. The predicted molar refractivity (Wildman–Crippen MR) is 20.0 cm³/mol. The Morgan fingerprint density at radius 2 is 1.12 bits per heavy atom. The Morgan fingerprint density at radius 3 is 1.12 bits per heavy atom. The van der Waals surface area contributed by atoms with Gasteiger partial charge in [0.25, 0.3) is 0 Å². The summed E-state index contributed by atoms with van der Waals surface area (Å²) >= 11 is 0. The Hall–Kier alpha value is 1.59. The molecule has 0 aromatic heterocycles. The molecule has 0 aromatic carbocycles. The summed E-state index contributed by atoms with van der Waals surface area (Å²) in [6, 6.07) is 0. The average molecular weight is 193 g/mol. The van der Waals surface area contributed by atoms with Crippen LogP contribution in [0.3, 0.4) is 0 Å². The van der Waals surface area contributed by atoms with Crippen molar-refractivity contribution >= 4 is 45.6 Å². The zero-order valence-electron chi connectivity index (χ0n) is 3.66. The molecule has 0 heterocycles. The Balaban J connectivity index is -0.0000000267. The molecule has 0 amide bonds. The van der Waals surface area contributed by atoms with E-state index in [1.807, 2.05) is 0 Å². The van der Waals surface area contributed by atoms with Crippen LogP contribution in [0.1, 0.15) is 0 Å². The first-order valence-electron chi connectivity index (χ1n) is 0.783. The van der Waals surface area contributed by atoms with Gasteiger partial charge in [0.1, 0.15) is 0 Å². The Kier molecular flexibility index (Phi) is 24.3. The van der Waals surface area contributed by atoms with Gasteiger partial charge >= 0.3 is 45.6 Å². The number of hydrogen-bond donors (Lipinski definition) is 3. The van der Waals surface area contributed by atoms with Crippen molar-refractivity contribution in [1.82, 2.24) is 0 Å². The van der Waals surface area contributed by atoms with Gasteiger partial charge in [0.15, 0.2) is 0 Å². The molecule has 4 nitrogen and oxygen atoms in total. The van der Waals surface area contributed by atoms with Crippen molar-refractivity contribution in [2.45, 2.75) is 0 Å². The number of halogens is 2. The summed E-state index contributed by atoms with van der Waals surface area (Å²) in [6.07, 6.45) is 0. The van der Waals surface area contributed by atoms with E-state index >= 15 is 0 Å². The van der Waals surface area contributed by atoms with Gasteiger partial charge in [-0.1, -0.05) is 0 Å². The molecule has 3 N–H and O–H groups in total. The normalized spacial score (nSPS) is 7.38. The molecule has 8 heteroatoms. The van der Waals surface area contributed by atoms with Crippen LogP contribution in [0.25, 0.3) is 0 Å². The van der Waals surface area contributed by atoms with Crippen molar-refractivity contribution in [3.05, 3.63) is 0 Å². The van der Waals surface area contributed by atoms with Gasteiger partial charge in [0.05, 0.1) is 0 Å². The molecule has 0 fully saturated rings. The molecule has 0 aliphatic carbocycles. The summed E-state index contributed by atoms with van der Waals surface area (Å²) in [5, 5.41) is 0. The van der Waals surface area contributed by atoms with E-state index in [9.17, 15) is 0 Å². The van der Waals surface area contributed by atoms with Crippen LogP contribution in [-0.2, 0) is 4.57 Å². The summed E-state index contributed by atoms with van der Waals surface area (Å²) in [6.45, 7) is 0. The second kappa shape index (κ2) is 8.59. The molecule has 0 saturated heterocycles. The standard InChI is InChI=1S/Ca.ClH.FH.H3O4P/c;;;1-5(2,3)4/h;2*1H;(H3,1,2,3,4)/q+2;;;/p-2. The van der Waals surface area contributed by atoms with E-state index in [1.165, 1.54) is 0 Å². The fourth-order valence-corrected chi connectivity index (χ4v) is 0. The van der Waals surface area contributed by atoms with Crippen molar-refractivity contribution < 1.29 is 36.4 Å². The van der Waals surface area contributed by atoms with Crippen LogP contribution in [0.5, 0.6) is 0 Å². The maximum absolute atomic E-state index is 8.88. The Labute approximate surface area is 81.3 Å². The third kappa shape index (κ3) is 130. The van der Waals surface area contributed by atoms with E-state index in [4.69, 9.17) is 19.2 Å². The van der Waals surface area contributed by atoms with Crippen LogP contribution in [0, 0.1) is 0 Å². The Bertz CT molecular complexity index is 62.2. The minimum atomic E-state index is -4.64. The van der Waals surface area contributed by atoms with Crippen LogP contribution in [-0.4, -0.2) is 52.4 Å². The van der Waals surface area contributed by atoms with Gasteiger partial charge in [-0.05, 0) is 0 Å². The first-order chi connectivity index (χ1) is 2.00. The van der Waals surface area contributed by atoms with Crippen molar-refractivity contribution in [2.75, 3.05) is 0 Å². The van der Waals surface area contributed by atoms with Crippen LogP contribution in [0.4, 0.5) is 0 Å². The number of phosphoric acid groups is 1. The first kappa shape index (κ1) is 22.6. The summed E-state index contributed by atoms with van der Waals surface area (Å²) < 4.78 is 8.88. The zero-order chi connectivity index (χ0) is 4.50. The molecular formula is H3CaClFO4P. The predicted octanol–water partition coefficient (Wildman–Crippen LogP) is -7.30. The van der Waals surface area contributed by atoms with Gasteiger partial charge in [0, 0.05) is 0 Å². The fraction of sp³-hybridized carbons (Fsp3) is 0. The summed E-state index contributed by atoms with van der Waals surface area (Å²) in [4.78, 5) is 21.6. The third-order valence-electron chi connectivity index (χ3n) is 0. The topological polar surface area (TPSA) is 77.8 Å². The van der Waals surface area contributed by atoms with Crippen LogP contribution in [0.15, 0.2) is 0 Å². The fourth-order valence-electron chi connectivity index (χ4n) is 0. The Morgan fingerprint density at radius 1 is 1.12 bits per heavy atom. The quantitative estimate of drug-likeness (QED) is 0.263. The molecule has 0 radical (unpaired) electrons. The molecule has 0 atom stereocenters. The van der Waals surface area contributed by atoms with Crippen molar-refractivity contribution in [1.29, 1.82) is 0 Å². The molecule has 0 aliphatic rings. The molecule has 48 valence electrons. The van der Waals surface area contributed by atoms with Crippen molar-refractivity contribution in [2.24, 2.45) is 0 Å². The van der Waals surface area contributed by atoms with Gasteiger partial charge in [-0.2, -0.15) is 0 Å². The van der Waals surface area contributed by atoms with Crippen molar-refractivity contribution in [3.63, 3.8) is 0 Å². The second-order valence-electron chi connectivity index (χ2n) is 0.513. The van der Waals surface area contributed by atoms with Crippen LogP contribution < -0.4 is 17.1 Å². The SMILES string of the molecule is O=P(O)(O)O.[Ca+2].[Cl-].[F-]. The maximum Gasteiger partial charge on any atom is 2.00 e. The molecule has 0 rings (SSSR count). The van der Waals surface area contributed by atoms with E-state index in [-0.39, 0.29) is 54.8 Å². The van der Waals surface area contributed by atoms with E-state index in [2.05, 4.69) is 0 Å². The molecular weight excluding hydrogens is 189 g/mol. The van der Waals surface area contributed by atoms with Crippen molar-refractivity contribution in [3.8, 4) is 0 Å². The largest absolute Gasteiger partial charge is 2.00 e. The number of rotatable bonds is 0. The smallest absolute Gasteiger partial charge is 1.00 e. The summed E-state index contributed by atoms with van der Waals surface area (Å²) in [5.74, 6) is 0. The van der Waals surface area contributed by atoms with Gasteiger partial charge in [0.2, 0.25) is 0 Å². The van der Waals surface area contributed by atoms with E-state index in [0.29, 0.717) is 0 Å². The van der Waals surface area contributed by atoms with Gasteiger partial charge < -0.3 is 31.8 Å². The van der Waals surface area contributed by atoms with E-state index < -0.39 is 7.82 Å². The first-order valence-corrected chi connectivity index (χ1v) is 2.35. The van der Waals surface area contributed by atoms with Crippen LogP contribution in [0.2, 0.25) is 0 Å². The molecule has 0 spiro atoms.